The van der Waals surface area contributed by atoms with Crippen molar-refractivity contribution in [2.75, 3.05) is 11.9 Å². The van der Waals surface area contributed by atoms with Gasteiger partial charge in [0.2, 0.25) is 0 Å². The van der Waals surface area contributed by atoms with Crippen LogP contribution in [-0.4, -0.2) is 23.4 Å². The number of ether oxygens (including phenoxy) is 1. The number of rotatable bonds is 7. The summed E-state index contributed by atoms with van der Waals surface area (Å²) in [4.78, 5) is 28.3. The summed E-state index contributed by atoms with van der Waals surface area (Å²) in [5.74, 6) is 0.252. The second-order valence-corrected chi connectivity index (χ2v) is 6.73. The predicted molar refractivity (Wildman–Crippen MR) is 112 cm³/mol. The van der Waals surface area contributed by atoms with Gasteiger partial charge in [0.15, 0.2) is 6.61 Å². The molecule has 6 heteroatoms. The number of aromatic nitrogens is 1. The topological polar surface area (TPSA) is 80.3 Å². The summed E-state index contributed by atoms with van der Waals surface area (Å²) < 4.78 is 5.59. The standard InChI is InChI=1S/C23H23N3O3/c1-16-8-9-21(17(2)11-16)29-15-22(27)25-13-18-5-3-7-20(12-18)26-23(28)19-6-4-10-24-14-19/h3-12,14H,13,15H2,1-2H3,(H,25,27)(H,26,28). The molecule has 2 aromatic carbocycles. The predicted octanol–water partition coefficient (Wildman–Crippen LogP) is 3.65. The number of nitrogens with one attached hydrogen (secondary N) is 2. The average Bonchev–Trinajstić information content (AvgIpc) is 2.72. The summed E-state index contributed by atoms with van der Waals surface area (Å²) in [5.41, 5.74) is 4.14. The van der Waals surface area contributed by atoms with E-state index in [1.807, 2.05) is 50.2 Å². The fourth-order valence-corrected chi connectivity index (χ4v) is 2.82. The van der Waals surface area contributed by atoms with Crippen molar-refractivity contribution in [3.8, 4) is 5.75 Å². The fourth-order valence-electron chi connectivity index (χ4n) is 2.82. The first-order valence-corrected chi connectivity index (χ1v) is 9.28. The highest BCUT2D eigenvalue weighted by Crippen LogP contribution is 2.18. The zero-order valence-corrected chi connectivity index (χ0v) is 16.4. The van der Waals surface area contributed by atoms with Crippen molar-refractivity contribution in [3.63, 3.8) is 0 Å². The molecule has 0 spiro atoms. The second-order valence-electron chi connectivity index (χ2n) is 6.73. The molecule has 29 heavy (non-hydrogen) atoms. The third kappa shape index (κ3) is 5.90. The summed E-state index contributed by atoms with van der Waals surface area (Å²) in [6, 6.07) is 16.6. The third-order valence-electron chi connectivity index (χ3n) is 4.29. The maximum atomic E-state index is 12.2. The van der Waals surface area contributed by atoms with Gasteiger partial charge in [-0.3, -0.25) is 14.6 Å². The van der Waals surface area contributed by atoms with Crippen molar-refractivity contribution in [3.05, 3.63) is 89.2 Å². The average molecular weight is 389 g/mol. The molecule has 0 bridgehead atoms. The minimum Gasteiger partial charge on any atom is -0.484 e. The molecule has 3 rings (SSSR count). The fraction of sp³-hybridized carbons (Fsp3) is 0.174. The van der Waals surface area contributed by atoms with Gasteiger partial charge in [-0.05, 0) is 55.3 Å². The molecule has 0 aliphatic heterocycles. The first-order valence-electron chi connectivity index (χ1n) is 9.28. The van der Waals surface area contributed by atoms with E-state index in [1.165, 1.54) is 6.20 Å². The maximum Gasteiger partial charge on any atom is 0.258 e. The minimum absolute atomic E-state index is 0.0542. The van der Waals surface area contributed by atoms with Gasteiger partial charge in [0, 0.05) is 24.6 Å². The molecule has 0 aliphatic rings. The molecule has 0 unspecified atom stereocenters. The Hall–Kier alpha value is -3.67. The number of aryl methyl sites for hydroxylation is 2. The van der Waals surface area contributed by atoms with E-state index in [0.29, 0.717) is 23.5 Å². The lowest BCUT2D eigenvalue weighted by Gasteiger charge is -2.11. The first kappa shape index (κ1) is 20.1. The molecule has 2 amide bonds. The molecule has 148 valence electrons. The van der Waals surface area contributed by atoms with Crippen LogP contribution in [-0.2, 0) is 11.3 Å². The second kappa shape index (κ2) is 9.50. The van der Waals surface area contributed by atoms with Crippen molar-refractivity contribution >= 4 is 17.5 Å². The molecule has 2 N–H and O–H groups in total. The highest BCUT2D eigenvalue weighted by atomic mass is 16.5. The number of hydrogen-bond donors (Lipinski definition) is 2. The number of amides is 2. The zero-order valence-electron chi connectivity index (χ0n) is 16.4. The number of benzene rings is 2. The number of nitrogens with zero attached hydrogens (tertiary/aromatic N) is 1. The largest absolute Gasteiger partial charge is 0.484 e. The Labute approximate surface area is 169 Å². The van der Waals surface area contributed by atoms with E-state index in [2.05, 4.69) is 15.6 Å². The van der Waals surface area contributed by atoms with Crippen LogP contribution >= 0.6 is 0 Å². The van der Waals surface area contributed by atoms with Crippen LogP contribution in [0.1, 0.15) is 27.0 Å². The van der Waals surface area contributed by atoms with Gasteiger partial charge in [0.1, 0.15) is 5.75 Å². The maximum absolute atomic E-state index is 12.2. The minimum atomic E-state index is -0.235. The number of carbonyl (C=O) groups is 2. The Morgan fingerprint density at radius 3 is 2.66 bits per heavy atom. The van der Waals surface area contributed by atoms with Crippen LogP contribution in [0, 0.1) is 13.8 Å². The summed E-state index contributed by atoms with van der Waals surface area (Å²) in [5, 5.41) is 5.65. The molecular weight excluding hydrogens is 366 g/mol. The van der Waals surface area contributed by atoms with Crippen LogP contribution in [0.3, 0.4) is 0 Å². The van der Waals surface area contributed by atoms with Gasteiger partial charge >= 0.3 is 0 Å². The van der Waals surface area contributed by atoms with E-state index in [1.54, 1.807) is 24.4 Å². The van der Waals surface area contributed by atoms with E-state index in [9.17, 15) is 9.59 Å². The smallest absolute Gasteiger partial charge is 0.258 e. The number of carbonyl (C=O) groups excluding carboxylic acids is 2. The molecule has 0 atom stereocenters. The molecule has 1 heterocycles. The summed E-state index contributed by atoms with van der Waals surface area (Å²) in [6.07, 6.45) is 3.12. The van der Waals surface area contributed by atoms with Crippen LogP contribution in [0.15, 0.2) is 67.0 Å². The molecule has 0 saturated carbocycles. The molecule has 0 radical (unpaired) electrons. The number of anilines is 1. The molecule has 0 fully saturated rings. The molecule has 3 aromatic rings. The van der Waals surface area contributed by atoms with Crippen LogP contribution < -0.4 is 15.4 Å². The normalized spacial score (nSPS) is 10.3. The van der Waals surface area contributed by atoms with Crippen molar-refractivity contribution in [2.45, 2.75) is 20.4 Å². The van der Waals surface area contributed by atoms with Gasteiger partial charge in [-0.25, -0.2) is 0 Å². The van der Waals surface area contributed by atoms with E-state index in [-0.39, 0.29) is 18.4 Å². The highest BCUT2D eigenvalue weighted by molar-refractivity contribution is 6.04. The summed E-state index contributed by atoms with van der Waals surface area (Å²) in [6.45, 7) is 4.25. The Balaban J connectivity index is 1.51. The Morgan fingerprint density at radius 2 is 1.90 bits per heavy atom. The van der Waals surface area contributed by atoms with E-state index in [0.717, 1.165) is 16.7 Å². The third-order valence-corrected chi connectivity index (χ3v) is 4.29. The van der Waals surface area contributed by atoms with E-state index < -0.39 is 0 Å². The lowest BCUT2D eigenvalue weighted by molar-refractivity contribution is -0.123. The lowest BCUT2D eigenvalue weighted by atomic mass is 10.1. The van der Waals surface area contributed by atoms with Gasteiger partial charge in [-0.2, -0.15) is 0 Å². The van der Waals surface area contributed by atoms with Gasteiger partial charge in [0.05, 0.1) is 5.56 Å². The molecule has 0 aliphatic carbocycles. The van der Waals surface area contributed by atoms with Crippen LogP contribution in [0.5, 0.6) is 5.75 Å². The van der Waals surface area contributed by atoms with Crippen LogP contribution in [0.2, 0.25) is 0 Å². The Kier molecular flexibility index (Phi) is 6.58. The highest BCUT2D eigenvalue weighted by Gasteiger charge is 2.08. The van der Waals surface area contributed by atoms with Gasteiger partial charge < -0.3 is 15.4 Å². The molecular formula is C23H23N3O3. The van der Waals surface area contributed by atoms with Crippen molar-refractivity contribution < 1.29 is 14.3 Å². The van der Waals surface area contributed by atoms with Crippen LogP contribution in [0.25, 0.3) is 0 Å². The first-order chi connectivity index (χ1) is 14.0. The zero-order chi connectivity index (χ0) is 20.6. The lowest BCUT2D eigenvalue weighted by Crippen LogP contribution is -2.28. The number of pyridine rings is 1. The Morgan fingerprint density at radius 1 is 1.03 bits per heavy atom. The monoisotopic (exact) mass is 389 g/mol. The number of hydrogen-bond acceptors (Lipinski definition) is 4. The summed E-state index contributed by atoms with van der Waals surface area (Å²) in [7, 11) is 0. The van der Waals surface area contributed by atoms with E-state index in [4.69, 9.17) is 4.74 Å². The summed E-state index contributed by atoms with van der Waals surface area (Å²) >= 11 is 0. The van der Waals surface area contributed by atoms with Crippen molar-refractivity contribution in [1.29, 1.82) is 0 Å². The van der Waals surface area contributed by atoms with Gasteiger partial charge in [0.25, 0.3) is 11.8 Å². The Bertz CT molecular complexity index is 1000. The molecule has 6 nitrogen and oxygen atoms in total. The van der Waals surface area contributed by atoms with Crippen LogP contribution in [0.4, 0.5) is 5.69 Å². The van der Waals surface area contributed by atoms with Gasteiger partial charge in [-0.15, -0.1) is 0 Å². The van der Waals surface area contributed by atoms with E-state index >= 15 is 0 Å². The molecule has 0 saturated heterocycles. The molecule has 1 aromatic heterocycles. The quantitative estimate of drug-likeness (QED) is 0.646. The van der Waals surface area contributed by atoms with Crippen molar-refractivity contribution in [1.82, 2.24) is 10.3 Å². The SMILES string of the molecule is Cc1ccc(OCC(=O)NCc2cccc(NC(=O)c3cccnc3)c2)c(C)c1. The van der Waals surface area contributed by atoms with Gasteiger partial charge in [-0.1, -0.05) is 29.8 Å². The van der Waals surface area contributed by atoms with Crippen molar-refractivity contribution in [2.24, 2.45) is 0 Å².